The van der Waals surface area contributed by atoms with E-state index in [1.807, 2.05) is 78.8 Å². The Balaban J connectivity index is 0.674. The molecule has 0 saturated carbocycles. The van der Waals surface area contributed by atoms with E-state index in [0.717, 1.165) is 35.3 Å². The number of hydrogen-bond donors (Lipinski definition) is 5. The number of ether oxygens (including phenoxy) is 3. The number of phenols is 2. The van der Waals surface area contributed by atoms with Crippen LogP contribution in [0.5, 0.6) is 28.7 Å². The van der Waals surface area contributed by atoms with Gasteiger partial charge in [-0.2, -0.15) is 4.99 Å². The number of hydrogen-bond acceptors (Lipinski definition) is 18. The number of carbonyl (C=O) groups excluding carboxylic acids is 4. The predicted octanol–water partition coefficient (Wildman–Crippen LogP) is 4.59. The molecule has 10 rings (SSSR count). The van der Waals surface area contributed by atoms with Gasteiger partial charge in [0.2, 0.25) is 23.3 Å². The Hall–Kier alpha value is -9.16. The molecule has 0 bridgehead atoms. The van der Waals surface area contributed by atoms with E-state index in [0.29, 0.717) is 125 Å². The lowest BCUT2D eigenvalue weighted by atomic mass is 9.98. The minimum Gasteiger partial charge on any atom is -0.508 e. The third-order valence-electron chi connectivity index (χ3n) is 14.6. The molecule has 3 aliphatic heterocycles. The maximum atomic E-state index is 13.5. The molecule has 0 aliphatic carbocycles. The van der Waals surface area contributed by atoms with Gasteiger partial charge in [0.15, 0.2) is 17.3 Å². The first-order valence-electron chi connectivity index (χ1n) is 27.1. The monoisotopic (exact) mass is 1100 g/mol. The molecule has 6 heterocycles. The Morgan fingerprint density at radius 3 is 2.23 bits per heavy atom. The Kier molecular flexibility index (Phi) is 16.7. The molecule has 81 heavy (non-hydrogen) atoms. The van der Waals surface area contributed by atoms with Crippen LogP contribution >= 0.6 is 0 Å². The summed E-state index contributed by atoms with van der Waals surface area (Å²) in [6, 6.07) is 21.5. The first-order valence-corrected chi connectivity index (χ1v) is 27.1. The number of nitrogens with zero attached hydrogens (tertiary/aromatic N) is 12. The minimum absolute atomic E-state index is 0.0191. The number of benzene rings is 4. The fourth-order valence-corrected chi connectivity index (χ4v) is 10.2. The largest absolute Gasteiger partial charge is 0.508 e. The lowest BCUT2D eigenvalue weighted by Gasteiger charge is -2.35. The molecular weight excluding hydrogens is 1040 g/mol. The zero-order chi connectivity index (χ0) is 56.7. The molecule has 4 amide bonds. The highest BCUT2D eigenvalue weighted by Crippen LogP contribution is 2.39. The highest BCUT2D eigenvalue weighted by molar-refractivity contribution is 5.96. The lowest BCUT2D eigenvalue weighted by molar-refractivity contribution is -0.132. The molecule has 422 valence electrons. The summed E-state index contributed by atoms with van der Waals surface area (Å²) in [6.45, 7) is 13.7. The zero-order valence-electron chi connectivity index (χ0n) is 45.7. The van der Waals surface area contributed by atoms with Crippen LogP contribution in [0.3, 0.4) is 0 Å². The van der Waals surface area contributed by atoms with Crippen LogP contribution < -0.4 is 36.2 Å². The van der Waals surface area contributed by atoms with Crippen LogP contribution in [-0.4, -0.2) is 174 Å². The Morgan fingerprint density at radius 2 is 1.53 bits per heavy atom. The summed E-state index contributed by atoms with van der Waals surface area (Å²) in [5.74, 6) is 1.24. The number of nitrogen functional groups attached to an aromatic ring is 1. The average Bonchev–Trinajstić information content (AvgIpc) is 3.93. The molecule has 0 unspecified atom stereocenters. The summed E-state index contributed by atoms with van der Waals surface area (Å²) in [4.78, 5) is 78.0. The molecule has 24 nitrogen and oxygen atoms in total. The molecule has 3 aromatic heterocycles. The third kappa shape index (κ3) is 12.4. The van der Waals surface area contributed by atoms with Gasteiger partial charge < -0.3 is 50.6 Å². The van der Waals surface area contributed by atoms with Gasteiger partial charge in [-0.25, -0.2) is 19.7 Å². The fraction of sp³-hybridized carbons (Fsp3) is 0.368. The number of methoxy groups -OCH3 is 1. The number of nitrogens with one attached hydrogen (secondary N) is 2. The number of carbonyl (C=O) groups is 4. The third-order valence-corrected chi connectivity index (χ3v) is 14.6. The van der Waals surface area contributed by atoms with Gasteiger partial charge in [-0.1, -0.05) is 38.1 Å². The van der Waals surface area contributed by atoms with Crippen LogP contribution in [0.4, 0.5) is 16.6 Å². The first kappa shape index (κ1) is 55.2. The summed E-state index contributed by atoms with van der Waals surface area (Å²) in [6.07, 6.45) is 3.26. The van der Waals surface area contributed by atoms with E-state index in [9.17, 15) is 29.4 Å². The molecule has 4 aromatic carbocycles. The topological polar surface area (TPSA) is 286 Å². The smallest absolute Gasteiger partial charge is 0.415 e. The maximum absolute atomic E-state index is 13.5. The van der Waals surface area contributed by atoms with Gasteiger partial charge in [0.05, 0.1) is 24.7 Å². The molecule has 7 aromatic rings. The Labute approximate surface area is 466 Å². The van der Waals surface area contributed by atoms with Crippen LogP contribution in [0.1, 0.15) is 70.8 Å². The van der Waals surface area contributed by atoms with Gasteiger partial charge in [0.1, 0.15) is 35.2 Å². The Bertz CT molecular complexity index is 3520. The number of fused-ring (bicyclic) bond motifs is 3. The first-order chi connectivity index (χ1) is 39.2. The molecule has 0 radical (unpaired) electrons. The van der Waals surface area contributed by atoms with Crippen molar-refractivity contribution in [3.8, 4) is 45.8 Å². The van der Waals surface area contributed by atoms with Crippen LogP contribution in [0.2, 0.25) is 0 Å². The number of nitrogens with two attached hydrogens (primary N) is 1. The van der Waals surface area contributed by atoms with Crippen molar-refractivity contribution in [2.24, 2.45) is 4.99 Å². The van der Waals surface area contributed by atoms with Crippen molar-refractivity contribution in [3.63, 3.8) is 0 Å². The number of aromatic nitrogens is 7. The number of rotatable bonds is 16. The summed E-state index contributed by atoms with van der Waals surface area (Å²) in [5.41, 5.74) is 9.93. The van der Waals surface area contributed by atoms with Crippen molar-refractivity contribution < 1.29 is 43.6 Å². The minimum atomic E-state index is -0.556. The number of phenolic OH excluding ortho intramolecular Hbond substituents is 2. The number of piperazine rings is 2. The normalized spacial score (nSPS) is 15.1. The molecule has 0 spiro atoms. The van der Waals surface area contributed by atoms with Gasteiger partial charge in [-0.05, 0) is 78.4 Å². The number of amides is 4. The maximum Gasteiger partial charge on any atom is 0.415 e. The summed E-state index contributed by atoms with van der Waals surface area (Å²) in [7, 11) is 1.55. The van der Waals surface area contributed by atoms with Gasteiger partial charge in [-0.3, -0.25) is 33.3 Å². The molecule has 6 N–H and O–H groups in total. The summed E-state index contributed by atoms with van der Waals surface area (Å²) >= 11 is 0. The predicted molar refractivity (Wildman–Crippen MR) is 299 cm³/mol. The summed E-state index contributed by atoms with van der Waals surface area (Å²) < 4.78 is 21.3. The van der Waals surface area contributed by atoms with Crippen LogP contribution in [0, 0.1) is 0 Å². The van der Waals surface area contributed by atoms with E-state index in [1.54, 1.807) is 34.8 Å². The summed E-state index contributed by atoms with van der Waals surface area (Å²) in [5, 5.41) is 36.9. The van der Waals surface area contributed by atoms with E-state index < -0.39 is 17.9 Å². The van der Waals surface area contributed by atoms with E-state index in [4.69, 9.17) is 24.9 Å². The van der Waals surface area contributed by atoms with Crippen molar-refractivity contribution in [3.05, 3.63) is 119 Å². The van der Waals surface area contributed by atoms with E-state index >= 15 is 0 Å². The van der Waals surface area contributed by atoms with Crippen molar-refractivity contribution in [1.29, 1.82) is 0 Å². The number of aromatic hydroxyl groups is 2. The zero-order valence-corrected chi connectivity index (χ0v) is 45.7. The second-order valence-electron chi connectivity index (χ2n) is 20.2. The van der Waals surface area contributed by atoms with E-state index in [2.05, 4.69) is 45.6 Å². The highest BCUT2D eigenvalue weighted by Gasteiger charge is 2.28. The molecule has 2 saturated heterocycles. The van der Waals surface area contributed by atoms with Crippen LogP contribution in [0.25, 0.3) is 28.0 Å². The van der Waals surface area contributed by atoms with Crippen molar-refractivity contribution >= 4 is 46.5 Å². The molecule has 24 heteroatoms. The average molecular weight is 1100 g/mol. The van der Waals surface area contributed by atoms with Crippen LogP contribution in [0.15, 0.2) is 90.2 Å². The quantitative estimate of drug-likeness (QED) is 0.0885. The second-order valence-corrected chi connectivity index (χ2v) is 20.2. The van der Waals surface area contributed by atoms with Crippen LogP contribution in [-0.2, 0) is 24.3 Å². The highest BCUT2D eigenvalue weighted by atomic mass is 16.6. The fourth-order valence-electron chi connectivity index (χ4n) is 10.2. The number of anilines is 2. The Morgan fingerprint density at radius 1 is 0.827 bits per heavy atom. The van der Waals surface area contributed by atoms with Gasteiger partial charge in [0, 0.05) is 115 Å². The molecular formula is C57H65N15O9. The van der Waals surface area contributed by atoms with Crippen molar-refractivity contribution in [1.82, 2.24) is 59.2 Å². The van der Waals surface area contributed by atoms with Gasteiger partial charge in [0.25, 0.3) is 11.8 Å². The van der Waals surface area contributed by atoms with Crippen molar-refractivity contribution in [2.45, 2.75) is 52.6 Å². The SMILES string of the molecule is CCNC(=O)c1nnc(-c2cc(C(C)C)c(O)cc2O)n1-c1ccc(CN2CCN(C(=O)Cc3ccc(OC(=O)N4CCN(CCOc5ccc6c7n(c(=NC(=O)c8cnc(N)nc8)nc6c5OC)CCCN7)CC4)cc3)CC2)cc1. The van der Waals surface area contributed by atoms with Crippen molar-refractivity contribution in [2.75, 3.05) is 96.8 Å². The lowest BCUT2D eigenvalue weighted by Crippen LogP contribution is -2.50. The molecule has 2 fully saturated rings. The van der Waals surface area contributed by atoms with E-state index in [1.165, 1.54) is 18.5 Å². The van der Waals surface area contributed by atoms with Gasteiger partial charge >= 0.3 is 6.09 Å². The van der Waals surface area contributed by atoms with E-state index in [-0.39, 0.29) is 58.5 Å². The second kappa shape index (κ2) is 24.5. The molecule has 0 atom stereocenters. The van der Waals surface area contributed by atoms with Gasteiger partial charge in [-0.15, -0.1) is 10.2 Å². The standard InChI is InChI=1S/C57H65N15O9/c1-5-59-54(77)52-66-65-51(43-30-42(35(2)3)44(73)31-45(43)74)72(52)39-11-7-37(8-12-39)34-68-21-23-69(24-22-68)47(75)29-36-9-13-40(14-10-36)81-57(78)70-25-19-67(20-26-70)27-28-80-46-16-15-41-48(49(46)79-4)63-56(71-18-6-17-60-50(41)71)64-53(76)38-32-61-55(58)62-33-38/h7-16,30-33,35,60,73-74H,5-6,17-29,34H2,1-4H3,(H,59,77)(H2,58,61,62). The molecule has 3 aliphatic rings.